The molecule has 0 spiro atoms. The van der Waals surface area contributed by atoms with Gasteiger partial charge in [-0.2, -0.15) is 18.3 Å². The molecular formula is C20H21F3N6OS. The molecule has 0 fully saturated rings. The number of halogens is 3. The summed E-state index contributed by atoms with van der Waals surface area (Å²) in [4.78, 5) is 14.6. The van der Waals surface area contributed by atoms with Gasteiger partial charge in [0.25, 0.3) is 5.91 Å². The molecular weight excluding hydrogens is 429 g/mol. The van der Waals surface area contributed by atoms with E-state index in [0.717, 1.165) is 34.3 Å². The first-order chi connectivity index (χ1) is 14.7. The number of alkyl halides is 3. The van der Waals surface area contributed by atoms with Crippen molar-refractivity contribution in [3.8, 4) is 11.5 Å². The SMILES string of the molecule is CCSc1nnc(-c2nn(C)c3c2CN(C(=O)c2ccc(C(F)(F)F)cc2)CC3)n1C. The number of amides is 1. The first kappa shape index (κ1) is 21.4. The molecule has 2 aromatic heterocycles. The van der Waals surface area contributed by atoms with Gasteiger partial charge in [0.15, 0.2) is 11.0 Å². The Hall–Kier alpha value is -2.82. The summed E-state index contributed by atoms with van der Waals surface area (Å²) in [6.45, 7) is 2.80. The minimum Gasteiger partial charge on any atom is -0.334 e. The van der Waals surface area contributed by atoms with Gasteiger partial charge in [0.05, 0.1) is 12.1 Å². The fourth-order valence-corrected chi connectivity index (χ4v) is 4.34. The number of aryl methyl sites for hydroxylation is 1. The van der Waals surface area contributed by atoms with E-state index in [-0.39, 0.29) is 11.5 Å². The molecule has 0 bridgehead atoms. The van der Waals surface area contributed by atoms with Crippen LogP contribution in [0, 0.1) is 0 Å². The summed E-state index contributed by atoms with van der Waals surface area (Å²) >= 11 is 1.58. The van der Waals surface area contributed by atoms with Crippen molar-refractivity contribution in [2.45, 2.75) is 31.2 Å². The zero-order valence-corrected chi connectivity index (χ0v) is 18.1. The predicted molar refractivity (Wildman–Crippen MR) is 109 cm³/mol. The van der Waals surface area contributed by atoms with Crippen LogP contribution < -0.4 is 0 Å². The number of hydrogen-bond acceptors (Lipinski definition) is 5. The first-order valence-corrected chi connectivity index (χ1v) is 10.7. The smallest absolute Gasteiger partial charge is 0.334 e. The van der Waals surface area contributed by atoms with E-state index in [9.17, 15) is 18.0 Å². The highest BCUT2D eigenvalue weighted by Crippen LogP contribution is 2.32. The van der Waals surface area contributed by atoms with Crippen molar-refractivity contribution in [2.75, 3.05) is 12.3 Å². The van der Waals surface area contributed by atoms with E-state index in [2.05, 4.69) is 15.3 Å². The monoisotopic (exact) mass is 450 g/mol. The van der Waals surface area contributed by atoms with Crippen LogP contribution in [0.4, 0.5) is 13.2 Å². The molecule has 31 heavy (non-hydrogen) atoms. The molecule has 0 N–H and O–H groups in total. The molecule has 1 aliphatic rings. The maximum absolute atomic E-state index is 13.0. The second-order valence-electron chi connectivity index (χ2n) is 7.25. The Kier molecular flexibility index (Phi) is 5.54. The maximum Gasteiger partial charge on any atom is 0.416 e. The molecule has 0 radical (unpaired) electrons. The summed E-state index contributed by atoms with van der Waals surface area (Å²) in [5.74, 6) is 1.17. The normalized spacial score (nSPS) is 14.1. The van der Waals surface area contributed by atoms with Gasteiger partial charge in [0, 0.05) is 43.9 Å². The van der Waals surface area contributed by atoms with Gasteiger partial charge in [-0.1, -0.05) is 18.7 Å². The van der Waals surface area contributed by atoms with Crippen molar-refractivity contribution in [1.29, 1.82) is 0 Å². The fourth-order valence-electron chi connectivity index (χ4n) is 3.71. The zero-order chi connectivity index (χ0) is 22.3. The third-order valence-corrected chi connectivity index (χ3v) is 6.21. The Morgan fingerprint density at radius 2 is 1.87 bits per heavy atom. The lowest BCUT2D eigenvalue weighted by Crippen LogP contribution is -2.36. The number of carbonyl (C=O) groups excluding carboxylic acids is 1. The van der Waals surface area contributed by atoms with Gasteiger partial charge in [0.1, 0.15) is 5.69 Å². The van der Waals surface area contributed by atoms with Crippen LogP contribution in [0.1, 0.15) is 34.1 Å². The first-order valence-electron chi connectivity index (χ1n) is 9.74. The van der Waals surface area contributed by atoms with Gasteiger partial charge >= 0.3 is 6.18 Å². The summed E-state index contributed by atoms with van der Waals surface area (Å²) < 4.78 is 42.1. The van der Waals surface area contributed by atoms with E-state index < -0.39 is 11.7 Å². The van der Waals surface area contributed by atoms with E-state index in [4.69, 9.17) is 0 Å². The Balaban J connectivity index is 1.62. The van der Waals surface area contributed by atoms with Gasteiger partial charge in [-0.15, -0.1) is 10.2 Å². The summed E-state index contributed by atoms with van der Waals surface area (Å²) in [5.41, 5.74) is 2.02. The zero-order valence-electron chi connectivity index (χ0n) is 17.3. The lowest BCUT2D eigenvalue weighted by molar-refractivity contribution is -0.137. The fraction of sp³-hybridized carbons (Fsp3) is 0.400. The third-order valence-electron chi connectivity index (χ3n) is 5.31. The number of carbonyl (C=O) groups is 1. The second kappa shape index (κ2) is 8.03. The van der Waals surface area contributed by atoms with E-state index >= 15 is 0 Å². The van der Waals surface area contributed by atoms with Crippen LogP contribution in [0.2, 0.25) is 0 Å². The largest absolute Gasteiger partial charge is 0.416 e. The van der Waals surface area contributed by atoms with Crippen molar-refractivity contribution in [1.82, 2.24) is 29.4 Å². The number of hydrogen-bond donors (Lipinski definition) is 0. The van der Waals surface area contributed by atoms with Gasteiger partial charge < -0.3 is 9.47 Å². The number of benzene rings is 1. The van der Waals surface area contributed by atoms with Crippen molar-refractivity contribution < 1.29 is 18.0 Å². The Labute approximate surface area is 181 Å². The standard InChI is InChI=1S/C20H21F3N6OS/c1-4-31-19-25-24-17(27(19)2)16-14-11-29(10-9-15(14)28(3)26-16)18(30)12-5-7-13(8-6-12)20(21,22)23/h5-8H,4,9-11H2,1-3H3. The van der Waals surface area contributed by atoms with Crippen LogP contribution in [0.3, 0.4) is 0 Å². The van der Waals surface area contributed by atoms with Crippen LogP contribution in [-0.4, -0.2) is 47.6 Å². The highest BCUT2D eigenvalue weighted by Gasteiger charge is 2.32. The van der Waals surface area contributed by atoms with E-state index in [1.54, 1.807) is 21.3 Å². The molecule has 0 atom stereocenters. The highest BCUT2D eigenvalue weighted by molar-refractivity contribution is 7.99. The molecule has 0 unspecified atom stereocenters. The number of thioether (sulfide) groups is 1. The molecule has 0 aliphatic carbocycles. The molecule has 4 rings (SSSR count). The number of rotatable bonds is 4. The van der Waals surface area contributed by atoms with E-state index in [1.165, 1.54) is 12.1 Å². The second-order valence-corrected chi connectivity index (χ2v) is 8.48. The molecule has 3 heterocycles. The van der Waals surface area contributed by atoms with Gasteiger partial charge in [-0.05, 0) is 30.0 Å². The maximum atomic E-state index is 13.0. The topological polar surface area (TPSA) is 68.8 Å². The van der Waals surface area contributed by atoms with Crippen molar-refractivity contribution in [2.24, 2.45) is 14.1 Å². The van der Waals surface area contributed by atoms with Crippen LogP contribution in [0.5, 0.6) is 0 Å². The van der Waals surface area contributed by atoms with Crippen molar-refractivity contribution >= 4 is 17.7 Å². The van der Waals surface area contributed by atoms with E-state index in [0.29, 0.717) is 31.0 Å². The Morgan fingerprint density at radius 1 is 1.16 bits per heavy atom. The number of nitrogens with zero attached hydrogens (tertiary/aromatic N) is 6. The minimum atomic E-state index is -4.43. The summed E-state index contributed by atoms with van der Waals surface area (Å²) in [5, 5.41) is 13.9. The molecule has 1 aliphatic heterocycles. The van der Waals surface area contributed by atoms with Gasteiger partial charge in [0.2, 0.25) is 0 Å². The number of fused-ring (bicyclic) bond motifs is 1. The third kappa shape index (κ3) is 3.93. The Bertz CT molecular complexity index is 1120. The molecule has 1 amide bonds. The summed E-state index contributed by atoms with van der Waals surface area (Å²) in [6.07, 6.45) is -3.84. The van der Waals surface area contributed by atoms with Crippen LogP contribution in [0.15, 0.2) is 29.4 Å². The lowest BCUT2D eigenvalue weighted by atomic mass is 10.0. The molecule has 3 aromatic rings. The summed E-state index contributed by atoms with van der Waals surface area (Å²) in [6, 6.07) is 4.32. The molecule has 0 saturated carbocycles. The average molecular weight is 450 g/mol. The minimum absolute atomic E-state index is 0.224. The van der Waals surface area contributed by atoms with Crippen LogP contribution in [0.25, 0.3) is 11.5 Å². The molecule has 1 aromatic carbocycles. The predicted octanol–water partition coefficient (Wildman–Crippen LogP) is 3.54. The van der Waals surface area contributed by atoms with E-state index in [1.807, 2.05) is 25.6 Å². The van der Waals surface area contributed by atoms with Crippen LogP contribution >= 0.6 is 11.8 Å². The molecule has 164 valence electrons. The quantitative estimate of drug-likeness (QED) is 0.569. The average Bonchev–Trinajstić information content (AvgIpc) is 3.26. The molecule has 11 heteroatoms. The van der Waals surface area contributed by atoms with Gasteiger partial charge in [-0.25, -0.2) is 0 Å². The van der Waals surface area contributed by atoms with Gasteiger partial charge in [-0.3, -0.25) is 9.48 Å². The van der Waals surface area contributed by atoms with Crippen LogP contribution in [-0.2, 0) is 33.2 Å². The van der Waals surface area contributed by atoms with Crippen molar-refractivity contribution in [3.63, 3.8) is 0 Å². The lowest BCUT2D eigenvalue weighted by Gasteiger charge is -2.28. The molecule has 7 nitrogen and oxygen atoms in total. The Morgan fingerprint density at radius 3 is 2.52 bits per heavy atom. The highest BCUT2D eigenvalue weighted by atomic mass is 32.2. The summed E-state index contributed by atoms with van der Waals surface area (Å²) in [7, 11) is 3.73. The number of aromatic nitrogens is 5. The molecule has 0 saturated heterocycles. The van der Waals surface area contributed by atoms with Crippen molar-refractivity contribution in [3.05, 3.63) is 46.6 Å².